The number of piperidine rings is 1. The van der Waals surface area contributed by atoms with Crippen molar-refractivity contribution >= 4 is 17.2 Å². The van der Waals surface area contributed by atoms with Crippen molar-refractivity contribution in [2.45, 2.75) is 44.6 Å². The quantitative estimate of drug-likeness (QED) is 0.558. The third-order valence-corrected chi connectivity index (χ3v) is 3.85. The molecule has 1 heterocycles. The molecular formula is C11H20N2S. The van der Waals surface area contributed by atoms with Crippen LogP contribution in [0.4, 0.5) is 0 Å². The Morgan fingerprint density at radius 2 is 2.21 bits per heavy atom. The van der Waals surface area contributed by atoms with E-state index >= 15 is 0 Å². The highest BCUT2D eigenvalue weighted by Crippen LogP contribution is 2.37. The number of unbranched alkanes of at least 4 members (excludes halogenated alkanes) is 1. The first-order chi connectivity index (χ1) is 6.75. The van der Waals surface area contributed by atoms with Gasteiger partial charge in [-0.3, -0.25) is 0 Å². The van der Waals surface area contributed by atoms with E-state index in [0.29, 0.717) is 4.99 Å². The van der Waals surface area contributed by atoms with Crippen molar-refractivity contribution in [1.29, 1.82) is 0 Å². The first-order valence-corrected chi connectivity index (χ1v) is 6.19. The Hall–Kier alpha value is -0.150. The van der Waals surface area contributed by atoms with Crippen LogP contribution < -0.4 is 5.73 Å². The third kappa shape index (κ3) is 2.45. The number of hydrogen-bond acceptors (Lipinski definition) is 2. The Morgan fingerprint density at radius 1 is 1.36 bits per heavy atom. The second kappa shape index (κ2) is 4.58. The molecule has 1 aliphatic heterocycles. The molecule has 1 saturated heterocycles. The van der Waals surface area contributed by atoms with Gasteiger partial charge in [-0.25, -0.2) is 0 Å². The molecule has 2 rings (SSSR count). The number of likely N-dealkylation sites (tertiary alicyclic amines) is 1. The third-order valence-electron chi connectivity index (χ3n) is 3.64. The maximum Gasteiger partial charge on any atom is 0.0727 e. The lowest BCUT2D eigenvalue weighted by Crippen LogP contribution is -2.32. The zero-order chi connectivity index (χ0) is 9.97. The molecule has 14 heavy (non-hydrogen) atoms. The van der Waals surface area contributed by atoms with E-state index in [2.05, 4.69) is 4.90 Å². The Balaban J connectivity index is 1.60. The molecular weight excluding hydrogens is 192 g/mol. The molecule has 1 aliphatic carbocycles. The van der Waals surface area contributed by atoms with Crippen molar-refractivity contribution in [3.8, 4) is 0 Å². The number of rotatable bonds is 5. The van der Waals surface area contributed by atoms with Crippen molar-refractivity contribution < 1.29 is 0 Å². The van der Waals surface area contributed by atoms with Crippen molar-refractivity contribution in [2.75, 3.05) is 13.1 Å². The van der Waals surface area contributed by atoms with E-state index in [1.807, 2.05) is 0 Å². The van der Waals surface area contributed by atoms with Crippen LogP contribution in [0.1, 0.15) is 38.5 Å². The summed E-state index contributed by atoms with van der Waals surface area (Å²) in [5.41, 5.74) is 5.47. The van der Waals surface area contributed by atoms with Gasteiger partial charge in [-0.05, 0) is 51.0 Å². The predicted molar refractivity (Wildman–Crippen MR) is 63.3 cm³/mol. The maximum atomic E-state index is 5.47. The fraction of sp³-hybridized carbons (Fsp3) is 0.909. The highest BCUT2D eigenvalue weighted by Gasteiger charge is 2.36. The Bertz CT molecular complexity index is 217. The topological polar surface area (TPSA) is 29.3 Å². The van der Waals surface area contributed by atoms with Crippen molar-refractivity contribution in [3.63, 3.8) is 0 Å². The number of nitrogens with zero attached hydrogens (tertiary/aromatic N) is 1. The number of fused-ring (bicyclic) bond motifs is 2. The van der Waals surface area contributed by atoms with Crippen LogP contribution >= 0.6 is 12.2 Å². The fourth-order valence-corrected chi connectivity index (χ4v) is 3.06. The van der Waals surface area contributed by atoms with E-state index < -0.39 is 0 Å². The fourth-order valence-electron chi connectivity index (χ4n) is 2.91. The smallest absolute Gasteiger partial charge is 0.0727 e. The van der Waals surface area contributed by atoms with Crippen LogP contribution in [0.25, 0.3) is 0 Å². The molecule has 2 nitrogen and oxygen atoms in total. The molecule has 0 spiro atoms. The van der Waals surface area contributed by atoms with Crippen LogP contribution in [-0.2, 0) is 0 Å². The van der Waals surface area contributed by atoms with E-state index in [0.717, 1.165) is 18.4 Å². The zero-order valence-corrected chi connectivity index (χ0v) is 9.56. The summed E-state index contributed by atoms with van der Waals surface area (Å²) in [6.07, 6.45) is 7.75. The van der Waals surface area contributed by atoms with Gasteiger partial charge >= 0.3 is 0 Å². The SMILES string of the molecule is NC(=S)CCCCN1CC2CCC1C2. The van der Waals surface area contributed by atoms with E-state index in [9.17, 15) is 0 Å². The molecule has 0 amide bonds. The van der Waals surface area contributed by atoms with Gasteiger partial charge in [0.15, 0.2) is 0 Å². The average molecular weight is 212 g/mol. The number of thiocarbonyl (C=S) groups is 1. The molecule has 2 fully saturated rings. The van der Waals surface area contributed by atoms with E-state index in [-0.39, 0.29) is 0 Å². The van der Waals surface area contributed by atoms with Crippen LogP contribution in [0, 0.1) is 5.92 Å². The van der Waals surface area contributed by atoms with Crippen LogP contribution in [-0.4, -0.2) is 29.0 Å². The molecule has 0 aromatic carbocycles. The van der Waals surface area contributed by atoms with Gasteiger partial charge in [0.1, 0.15) is 0 Å². The average Bonchev–Trinajstić information content (AvgIpc) is 2.73. The van der Waals surface area contributed by atoms with Gasteiger partial charge in [0.25, 0.3) is 0 Å². The highest BCUT2D eigenvalue weighted by atomic mass is 32.1. The highest BCUT2D eigenvalue weighted by molar-refractivity contribution is 7.80. The summed E-state index contributed by atoms with van der Waals surface area (Å²) in [6.45, 7) is 2.63. The summed E-state index contributed by atoms with van der Waals surface area (Å²) in [7, 11) is 0. The van der Waals surface area contributed by atoms with Crippen molar-refractivity contribution in [1.82, 2.24) is 4.90 Å². The van der Waals surface area contributed by atoms with Gasteiger partial charge in [0.05, 0.1) is 4.99 Å². The second-order valence-electron chi connectivity index (χ2n) is 4.75. The van der Waals surface area contributed by atoms with Crippen LogP contribution in [0.15, 0.2) is 0 Å². The van der Waals surface area contributed by atoms with Gasteiger partial charge in [0.2, 0.25) is 0 Å². The molecule has 80 valence electrons. The predicted octanol–water partition coefficient (Wildman–Crippen LogP) is 1.93. The number of nitrogens with two attached hydrogens (primary N) is 1. The lowest BCUT2D eigenvalue weighted by atomic mass is 10.1. The molecule has 2 unspecified atom stereocenters. The monoisotopic (exact) mass is 212 g/mol. The maximum absolute atomic E-state index is 5.47. The minimum atomic E-state index is 0.674. The second-order valence-corrected chi connectivity index (χ2v) is 5.28. The lowest BCUT2D eigenvalue weighted by Gasteiger charge is -2.26. The minimum Gasteiger partial charge on any atom is -0.393 e. The normalized spacial score (nSPS) is 31.1. The number of hydrogen-bond donors (Lipinski definition) is 1. The van der Waals surface area contributed by atoms with E-state index in [1.165, 1.54) is 45.2 Å². The Morgan fingerprint density at radius 3 is 2.79 bits per heavy atom. The summed E-state index contributed by atoms with van der Waals surface area (Å²) in [6, 6.07) is 0.921. The van der Waals surface area contributed by atoms with Crippen LogP contribution in [0.2, 0.25) is 0 Å². The Labute approximate surface area is 91.8 Å². The van der Waals surface area contributed by atoms with Crippen LogP contribution in [0.5, 0.6) is 0 Å². The van der Waals surface area contributed by atoms with Gasteiger partial charge in [0, 0.05) is 12.6 Å². The van der Waals surface area contributed by atoms with Gasteiger partial charge < -0.3 is 10.6 Å². The molecule has 2 atom stereocenters. The van der Waals surface area contributed by atoms with E-state index in [4.69, 9.17) is 18.0 Å². The zero-order valence-electron chi connectivity index (χ0n) is 8.74. The standard InChI is InChI=1S/C11H20N2S/c12-11(14)3-1-2-6-13-8-9-4-5-10(13)7-9/h9-10H,1-8H2,(H2,12,14). The first-order valence-electron chi connectivity index (χ1n) is 5.78. The summed E-state index contributed by atoms with van der Waals surface area (Å²) in [5.74, 6) is 1.02. The molecule has 2 N–H and O–H groups in total. The molecule has 0 aromatic rings. The minimum absolute atomic E-state index is 0.674. The molecule has 1 saturated carbocycles. The van der Waals surface area contributed by atoms with E-state index in [1.54, 1.807) is 0 Å². The van der Waals surface area contributed by atoms with Gasteiger partial charge in [-0.2, -0.15) is 0 Å². The lowest BCUT2D eigenvalue weighted by molar-refractivity contribution is 0.210. The first kappa shape index (κ1) is 10.4. The molecule has 2 aliphatic rings. The summed E-state index contributed by atoms with van der Waals surface area (Å²) >= 11 is 4.86. The van der Waals surface area contributed by atoms with Gasteiger partial charge in [-0.1, -0.05) is 12.2 Å². The molecule has 3 heteroatoms. The van der Waals surface area contributed by atoms with Crippen molar-refractivity contribution in [2.24, 2.45) is 11.7 Å². The Kier molecular flexibility index (Phi) is 3.39. The van der Waals surface area contributed by atoms with Crippen molar-refractivity contribution in [3.05, 3.63) is 0 Å². The summed E-state index contributed by atoms with van der Waals surface area (Å²) < 4.78 is 0. The molecule has 0 aromatic heterocycles. The summed E-state index contributed by atoms with van der Waals surface area (Å²) in [5, 5.41) is 0. The summed E-state index contributed by atoms with van der Waals surface area (Å²) in [4.78, 5) is 3.35. The van der Waals surface area contributed by atoms with Crippen LogP contribution in [0.3, 0.4) is 0 Å². The molecule has 0 radical (unpaired) electrons. The molecule has 2 bridgehead atoms. The van der Waals surface area contributed by atoms with Gasteiger partial charge in [-0.15, -0.1) is 0 Å². The largest absolute Gasteiger partial charge is 0.393 e.